The van der Waals surface area contributed by atoms with E-state index in [1.807, 2.05) is 11.8 Å². The first-order valence-electron chi connectivity index (χ1n) is 3.99. The molecule has 2 heteroatoms. The van der Waals surface area contributed by atoms with Crippen LogP contribution in [0.2, 0.25) is 0 Å². The Morgan fingerprint density at radius 2 is 2.27 bits per heavy atom. The minimum Gasteiger partial charge on any atom is -0.328 e. The summed E-state index contributed by atoms with van der Waals surface area (Å²) in [5, 5.41) is 0. The van der Waals surface area contributed by atoms with Gasteiger partial charge in [0.05, 0.1) is 0 Å². The molecule has 11 heavy (non-hydrogen) atoms. The van der Waals surface area contributed by atoms with Crippen LogP contribution >= 0.6 is 11.8 Å². The third kappa shape index (κ3) is 7.77. The highest BCUT2D eigenvalue weighted by Crippen LogP contribution is 2.05. The second-order valence-corrected chi connectivity index (χ2v) is 3.62. The van der Waals surface area contributed by atoms with Crippen LogP contribution in [0.15, 0.2) is 0 Å². The molecule has 1 nitrogen and oxygen atoms in total. The van der Waals surface area contributed by atoms with Crippen LogP contribution in [0, 0.1) is 12.3 Å². The molecule has 2 N–H and O–H groups in total. The van der Waals surface area contributed by atoms with Gasteiger partial charge in [-0.3, -0.25) is 0 Å². The van der Waals surface area contributed by atoms with Crippen molar-refractivity contribution in [3.05, 3.63) is 0 Å². The average Bonchev–Trinajstić information content (AvgIpc) is 2.01. The van der Waals surface area contributed by atoms with Gasteiger partial charge in [0, 0.05) is 12.5 Å². The van der Waals surface area contributed by atoms with Crippen molar-refractivity contribution in [3.8, 4) is 12.3 Å². The molecule has 0 radical (unpaired) electrons. The second-order valence-electron chi connectivity index (χ2n) is 2.64. The van der Waals surface area contributed by atoms with E-state index in [-0.39, 0.29) is 0 Å². The lowest BCUT2D eigenvalue weighted by Gasteiger charge is -2.08. The summed E-state index contributed by atoms with van der Waals surface area (Å²) in [6.45, 7) is 0. The van der Waals surface area contributed by atoms with Crippen molar-refractivity contribution in [2.45, 2.75) is 31.7 Å². The maximum absolute atomic E-state index is 5.82. The van der Waals surface area contributed by atoms with Crippen LogP contribution in [-0.4, -0.2) is 18.1 Å². The normalized spacial score (nSPS) is 12.5. The Balaban J connectivity index is 3.10. The van der Waals surface area contributed by atoms with Gasteiger partial charge in [0.15, 0.2) is 0 Å². The predicted molar refractivity (Wildman–Crippen MR) is 53.7 cm³/mol. The molecule has 0 aromatic carbocycles. The molecule has 0 aliphatic heterocycles. The molecule has 0 saturated carbocycles. The molecule has 1 unspecified atom stereocenters. The number of nitrogens with two attached hydrogens (primary N) is 1. The molecular formula is C9H17NS. The Kier molecular flexibility index (Phi) is 7.88. The third-order valence-corrected chi connectivity index (χ3v) is 2.23. The van der Waals surface area contributed by atoms with Crippen molar-refractivity contribution < 1.29 is 0 Å². The van der Waals surface area contributed by atoms with Crippen LogP contribution in [0.4, 0.5) is 0 Å². The van der Waals surface area contributed by atoms with Crippen molar-refractivity contribution in [1.82, 2.24) is 0 Å². The lowest BCUT2D eigenvalue weighted by molar-refractivity contribution is 0.578. The van der Waals surface area contributed by atoms with Gasteiger partial charge in [-0.15, -0.1) is 12.3 Å². The predicted octanol–water partition coefficient (Wildman–Crippen LogP) is 1.87. The zero-order valence-corrected chi connectivity index (χ0v) is 7.99. The molecule has 0 aromatic heterocycles. The van der Waals surface area contributed by atoms with E-state index < -0.39 is 0 Å². The van der Waals surface area contributed by atoms with Gasteiger partial charge in [-0.25, -0.2) is 0 Å². The fourth-order valence-corrected chi connectivity index (χ4v) is 1.42. The van der Waals surface area contributed by atoms with Crippen LogP contribution in [0.3, 0.4) is 0 Å². The Hall–Kier alpha value is -0.130. The van der Waals surface area contributed by atoms with Crippen LogP contribution in [0.25, 0.3) is 0 Å². The van der Waals surface area contributed by atoms with E-state index in [4.69, 9.17) is 12.2 Å². The molecular weight excluding hydrogens is 154 g/mol. The van der Waals surface area contributed by atoms with Gasteiger partial charge in [0.1, 0.15) is 0 Å². The van der Waals surface area contributed by atoms with Crippen molar-refractivity contribution in [1.29, 1.82) is 0 Å². The molecule has 1 atom stereocenters. The maximum Gasteiger partial charge on any atom is 0.00866 e. The molecule has 0 saturated heterocycles. The molecule has 0 aliphatic carbocycles. The molecule has 0 fully saturated rings. The molecule has 0 aromatic rings. The summed E-state index contributed by atoms with van der Waals surface area (Å²) in [5.41, 5.74) is 5.82. The Morgan fingerprint density at radius 3 is 2.82 bits per heavy atom. The number of unbranched alkanes of at least 4 members (excludes halogenated alkanes) is 1. The first-order chi connectivity index (χ1) is 5.31. The third-order valence-electron chi connectivity index (χ3n) is 1.59. The summed E-state index contributed by atoms with van der Waals surface area (Å²) in [6.07, 6.45) is 11.4. The van der Waals surface area contributed by atoms with Gasteiger partial charge in [0.25, 0.3) is 0 Å². The van der Waals surface area contributed by atoms with Gasteiger partial charge in [-0.05, 0) is 31.3 Å². The van der Waals surface area contributed by atoms with Gasteiger partial charge >= 0.3 is 0 Å². The smallest absolute Gasteiger partial charge is 0.00866 e. The zero-order valence-electron chi connectivity index (χ0n) is 7.18. The van der Waals surface area contributed by atoms with E-state index in [0.29, 0.717) is 6.04 Å². The van der Waals surface area contributed by atoms with Crippen LogP contribution in [0.1, 0.15) is 25.7 Å². The molecule has 64 valence electrons. The fraction of sp³-hybridized carbons (Fsp3) is 0.778. The lowest BCUT2D eigenvalue weighted by atomic mass is 10.1. The minimum absolute atomic E-state index is 0.357. The van der Waals surface area contributed by atoms with Crippen molar-refractivity contribution in [3.63, 3.8) is 0 Å². The number of thioether (sulfide) groups is 1. The number of terminal acetylenes is 1. The van der Waals surface area contributed by atoms with Crippen molar-refractivity contribution in [2.75, 3.05) is 12.0 Å². The highest BCUT2D eigenvalue weighted by atomic mass is 32.2. The van der Waals surface area contributed by atoms with Gasteiger partial charge in [-0.1, -0.05) is 0 Å². The summed E-state index contributed by atoms with van der Waals surface area (Å²) in [5.74, 6) is 3.78. The second kappa shape index (κ2) is 7.97. The quantitative estimate of drug-likeness (QED) is 0.488. The van der Waals surface area contributed by atoms with E-state index in [9.17, 15) is 0 Å². The summed E-state index contributed by atoms with van der Waals surface area (Å²) < 4.78 is 0. The first-order valence-corrected chi connectivity index (χ1v) is 5.38. The maximum atomic E-state index is 5.82. The lowest BCUT2D eigenvalue weighted by Crippen LogP contribution is -2.20. The average molecular weight is 171 g/mol. The molecule has 0 heterocycles. The molecule has 0 amide bonds. The van der Waals surface area contributed by atoms with E-state index in [2.05, 4.69) is 12.2 Å². The number of hydrogen-bond acceptors (Lipinski definition) is 2. The van der Waals surface area contributed by atoms with Gasteiger partial charge in [0.2, 0.25) is 0 Å². The summed E-state index contributed by atoms with van der Waals surface area (Å²) >= 11 is 1.85. The summed E-state index contributed by atoms with van der Waals surface area (Å²) in [6, 6.07) is 0.357. The van der Waals surface area contributed by atoms with Crippen molar-refractivity contribution >= 4 is 11.8 Å². The fourth-order valence-electron chi connectivity index (χ4n) is 0.880. The number of hydrogen-bond donors (Lipinski definition) is 1. The Labute approximate surface area is 74.1 Å². The highest BCUT2D eigenvalue weighted by molar-refractivity contribution is 7.98. The Morgan fingerprint density at radius 1 is 1.55 bits per heavy atom. The monoisotopic (exact) mass is 171 g/mol. The van der Waals surface area contributed by atoms with Crippen LogP contribution in [0.5, 0.6) is 0 Å². The Bertz CT molecular complexity index is 117. The summed E-state index contributed by atoms with van der Waals surface area (Å²) in [7, 11) is 0. The van der Waals surface area contributed by atoms with Crippen molar-refractivity contribution in [2.24, 2.45) is 5.73 Å². The van der Waals surface area contributed by atoms with E-state index >= 15 is 0 Å². The minimum atomic E-state index is 0.357. The zero-order chi connectivity index (χ0) is 8.53. The highest BCUT2D eigenvalue weighted by Gasteiger charge is 1.99. The molecule has 0 spiro atoms. The molecule has 0 aliphatic rings. The van der Waals surface area contributed by atoms with E-state index in [0.717, 1.165) is 31.4 Å². The first kappa shape index (κ1) is 10.9. The van der Waals surface area contributed by atoms with Gasteiger partial charge < -0.3 is 5.73 Å². The summed E-state index contributed by atoms with van der Waals surface area (Å²) in [4.78, 5) is 0. The van der Waals surface area contributed by atoms with Crippen LogP contribution in [-0.2, 0) is 0 Å². The van der Waals surface area contributed by atoms with Gasteiger partial charge in [-0.2, -0.15) is 11.8 Å². The van der Waals surface area contributed by atoms with E-state index in [1.165, 1.54) is 0 Å². The standard InChI is InChI=1S/C9H17NS/c1-3-4-5-6-9(10)7-8-11-2/h1,9H,4-8,10H2,2H3. The number of rotatable bonds is 6. The molecule has 0 bridgehead atoms. The SMILES string of the molecule is C#CCCCC(N)CCSC. The molecule has 0 rings (SSSR count). The van der Waals surface area contributed by atoms with E-state index in [1.54, 1.807) is 0 Å². The topological polar surface area (TPSA) is 26.0 Å². The largest absolute Gasteiger partial charge is 0.328 e. The van der Waals surface area contributed by atoms with Crippen LogP contribution < -0.4 is 5.73 Å².